The van der Waals surface area contributed by atoms with Crippen LogP contribution in [0, 0.1) is 18.3 Å². The van der Waals surface area contributed by atoms with E-state index in [4.69, 9.17) is 14.5 Å². The van der Waals surface area contributed by atoms with Crippen molar-refractivity contribution in [2.75, 3.05) is 13.1 Å². The lowest BCUT2D eigenvalue weighted by atomic mass is 10.0. The normalized spacial score (nSPS) is 14.7. The number of nitrogens with zero attached hydrogens (tertiary/aromatic N) is 4. The summed E-state index contributed by atoms with van der Waals surface area (Å²) >= 11 is 0. The molecule has 0 spiro atoms. The number of carbonyl (C=O) groups is 1. The zero-order valence-corrected chi connectivity index (χ0v) is 21.1. The van der Waals surface area contributed by atoms with Gasteiger partial charge in [-0.25, -0.2) is 9.78 Å². The molecule has 36 heavy (non-hydrogen) atoms. The van der Waals surface area contributed by atoms with Crippen molar-refractivity contribution in [3.63, 3.8) is 0 Å². The van der Waals surface area contributed by atoms with E-state index in [9.17, 15) is 10.1 Å². The summed E-state index contributed by atoms with van der Waals surface area (Å²) in [6, 6.07) is 20.1. The minimum atomic E-state index is -0.495. The fourth-order valence-corrected chi connectivity index (χ4v) is 4.81. The largest absolute Gasteiger partial charge is 0.490 e. The molecule has 0 radical (unpaired) electrons. The molecule has 0 N–H and O–H groups in total. The van der Waals surface area contributed by atoms with Gasteiger partial charge in [-0.3, -0.25) is 4.57 Å². The highest BCUT2D eigenvalue weighted by molar-refractivity contribution is 5.96. The number of imidazole rings is 1. The predicted molar refractivity (Wildman–Crippen MR) is 139 cm³/mol. The van der Waals surface area contributed by atoms with E-state index in [-0.39, 0.29) is 12.2 Å². The smallest absolute Gasteiger partial charge is 0.410 e. The first-order valence-corrected chi connectivity index (χ1v) is 12.3. The van der Waals surface area contributed by atoms with Crippen molar-refractivity contribution >= 4 is 27.9 Å². The molecule has 0 atom stereocenters. The third-order valence-corrected chi connectivity index (χ3v) is 6.45. The molecule has 1 saturated heterocycles. The Labute approximate surface area is 210 Å². The molecule has 1 amide bonds. The van der Waals surface area contributed by atoms with Gasteiger partial charge in [0.15, 0.2) is 0 Å². The summed E-state index contributed by atoms with van der Waals surface area (Å²) in [7, 11) is 0. The minimum absolute atomic E-state index is 0.0341. The van der Waals surface area contributed by atoms with Crippen LogP contribution in [-0.2, 0) is 4.74 Å². The van der Waals surface area contributed by atoms with Crippen LogP contribution >= 0.6 is 0 Å². The Balaban J connectivity index is 1.36. The molecule has 0 saturated carbocycles. The molecule has 7 heteroatoms. The second-order valence-corrected chi connectivity index (χ2v) is 10.2. The standard InChI is InChI=1S/C29H30N4O3/c1-19-31-25-17-22(35-21-13-15-32(16-14-21)28(34)36-29(2,3)4)10-12-27(25)33(19)26-11-9-20(18-30)23-7-5-6-8-24(23)26/h5-12,17,21H,13-16H2,1-4H3. The number of ether oxygens (including phenoxy) is 2. The SMILES string of the molecule is Cc1nc2cc(OC3CCN(C(=O)OC(C)(C)C)CC3)ccc2n1-c1ccc(C#N)c2ccccc12. The van der Waals surface area contributed by atoms with Crippen LogP contribution in [0.4, 0.5) is 4.79 Å². The highest BCUT2D eigenvalue weighted by Gasteiger charge is 2.27. The summed E-state index contributed by atoms with van der Waals surface area (Å²) in [5.74, 6) is 1.63. The minimum Gasteiger partial charge on any atom is -0.490 e. The molecule has 5 rings (SSSR count). The maximum atomic E-state index is 12.3. The summed E-state index contributed by atoms with van der Waals surface area (Å²) in [5.41, 5.74) is 2.99. The van der Waals surface area contributed by atoms with Crippen LogP contribution in [0.5, 0.6) is 5.75 Å². The van der Waals surface area contributed by atoms with Gasteiger partial charge in [-0.2, -0.15) is 5.26 Å². The van der Waals surface area contributed by atoms with Crippen molar-refractivity contribution < 1.29 is 14.3 Å². The zero-order chi connectivity index (χ0) is 25.4. The molecule has 1 fully saturated rings. The Morgan fingerprint density at radius 2 is 1.78 bits per heavy atom. The van der Waals surface area contributed by atoms with Crippen LogP contribution < -0.4 is 4.74 Å². The van der Waals surface area contributed by atoms with E-state index in [1.807, 2.05) is 82.3 Å². The van der Waals surface area contributed by atoms with Gasteiger partial charge in [0.1, 0.15) is 23.3 Å². The van der Waals surface area contributed by atoms with Crippen LogP contribution in [0.2, 0.25) is 0 Å². The molecule has 1 aromatic heterocycles. The highest BCUT2D eigenvalue weighted by atomic mass is 16.6. The molecule has 0 bridgehead atoms. The van der Waals surface area contributed by atoms with E-state index in [0.29, 0.717) is 18.7 Å². The van der Waals surface area contributed by atoms with Gasteiger partial charge in [0, 0.05) is 42.8 Å². The average molecular weight is 483 g/mol. The lowest BCUT2D eigenvalue weighted by Crippen LogP contribution is -2.44. The third-order valence-electron chi connectivity index (χ3n) is 6.45. The summed E-state index contributed by atoms with van der Waals surface area (Å²) in [4.78, 5) is 18.9. The van der Waals surface area contributed by atoms with E-state index >= 15 is 0 Å². The molecule has 1 aliphatic rings. The highest BCUT2D eigenvalue weighted by Crippen LogP contribution is 2.31. The number of carbonyl (C=O) groups excluding carboxylic acids is 1. The van der Waals surface area contributed by atoms with Gasteiger partial charge in [-0.05, 0) is 52.0 Å². The van der Waals surface area contributed by atoms with Crippen molar-refractivity contribution in [3.05, 3.63) is 66.0 Å². The molecular formula is C29H30N4O3. The van der Waals surface area contributed by atoms with Crippen molar-refractivity contribution in [2.45, 2.75) is 52.2 Å². The number of fused-ring (bicyclic) bond motifs is 2. The van der Waals surface area contributed by atoms with Crippen molar-refractivity contribution in [3.8, 4) is 17.5 Å². The zero-order valence-electron chi connectivity index (χ0n) is 21.1. The first kappa shape index (κ1) is 23.7. The first-order valence-electron chi connectivity index (χ1n) is 12.3. The van der Waals surface area contributed by atoms with Gasteiger partial charge in [0.25, 0.3) is 0 Å². The molecule has 4 aromatic rings. The van der Waals surface area contributed by atoms with E-state index in [1.165, 1.54) is 0 Å². The lowest BCUT2D eigenvalue weighted by molar-refractivity contribution is 0.0127. The number of likely N-dealkylation sites (tertiary alicyclic amines) is 1. The first-order chi connectivity index (χ1) is 17.2. The predicted octanol–water partition coefficient (Wildman–Crippen LogP) is 6.14. The molecule has 0 unspecified atom stereocenters. The second kappa shape index (κ2) is 9.19. The molecule has 1 aliphatic heterocycles. The fourth-order valence-electron chi connectivity index (χ4n) is 4.81. The van der Waals surface area contributed by atoms with Gasteiger partial charge in [0.2, 0.25) is 0 Å². The van der Waals surface area contributed by atoms with Crippen molar-refractivity contribution in [1.82, 2.24) is 14.5 Å². The number of piperidine rings is 1. The summed E-state index contributed by atoms with van der Waals surface area (Å²) in [6.07, 6.45) is 1.27. The number of aryl methyl sites for hydroxylation is 1. The molecule has 184 valence electrons. The molecule has 0 aliphatic carbocycles. The summed E-state index contributed by atoms with van der Waals surface area (Å²) in [5, 5.41) is 11.5. The van der Waals surface area contributed by atoms with Gasteiger partial charge >= 0.3 is 6.09 Å². The van der Waals surface area contributed by atoms with Crippen molar-refractivity contribution in [1.29, 1.82) is 5.26 Å². The van der Waals surface area contributed by atoms with E-state index in [1.54, 1.807) is 4.90 Å². The monoisotopic (exact) mass is 482 g/mol. The lowest BCUT2D eigenvalue weighted by Gasteiger charge is -2.33. The Kier molecular flexibility index (Phi) is 6.05. The number of amides is 1. The van der Waals surface area contributed by atoms with Gasteiger partial charge < -0.3 is 14.4 Å². The molecule has 7 nitrogen and oxygen atoms in total. The summed E-state index contributed by atoms with van der Waals surface area (Å²) in [6.45, 7) is 8.85. The number of rotatable bonds is 3. The molecule has 2 heterocycles. The van der Waals surface area contributed by atoms with Gasteiger partial charge in [0.05, 0.1) is 28.4 Å². The second-order valence-electron chi connectivity index (χ2n) is 10.2. The number of hydrogen-bond acceptors (Lipinski definition) is 5. The summed E-state index contributed by atoms with van der Waals surface area (Å²) < 4.78 is 13.9. The molecule has 3 aromatic carbocycles. The van der Waals surface area contributed by atoms with Crippen LogP contribution in [0.25, 0.3) is 27.5 Å². The van der Waals surface area contributed by atoms with Crippen LogP contribution in [0.3, 0.4) is 0 Å². The van der Waals surface area contributed by atoms with E-state index in [0.717, 1.165) is 51.9 Å². The van der Waals surface area contributed by atoms with Crippen LogP contribution in [0.15, 0.2) is 54.6 Å². The van der Waals surface area contributed by atoms with Crippen LogP contribution in [0.1, 0.15) is 45.0 Å². The van der Waals surface area contributed by atoms with Gasteiger partial charge in [-0.15, -0.1) is 0 Å². The van der Waals surface area contributed by atoms with Crippen molar-refractivity contribution in [2.24, 2.45) is 0 Å². The molecular weight excluding hydrogens is 452 g/mol. The Morgan fingerprint density at radius 3 is 2.47 bits per heavy atom. The third kappa shape index (κ3) is 4.59. The van der Waals surface area contributed by atoms with Crippen LogP contribution in [-0.4, -0.2) is 45.3 Å². The van der Waals surface area contributed by atoms with E-state index < -0.39 is 5.60 Å². The topological polar surface area (TPSA) is 80.4 Å². The number of nitriles is 1. The number of benzene rings is 3. The quantitative estimate of drug-likeness (QED) is 0.351. The van der Waals surface area contributed by atoms with E-state index in [2.05, 4.69) is 10.6 Å². The maximum absolute atomic E-state index is 12.3. The fraction of sp³-hybridized carbons (Fsp3) is 0.345. The Bertz CT molecular complexity index is 1480. The maximum Gasteiger partial charge on any atom is 0.410 e. The van der Waals surface area contributed by atoms with Gasteiger partial charge in [-0.1, -0.05) is 24.3 Å². The number of hydrogen-bond donors (Lipinski definition) is 0. The number of aromatic nitrogens is 2. The Morgan fingerprint density at radius 1 is 1.06 bits per heavy atom. The Hall–Kier alpha value is -4.05. The average Bonchev–Trinajstić information content (AvgIpc) is 3.17.